The highest BCUT2D eigenvalue weighted by molar-refractivity contribution is 6.34. The second-order valence-electron chi connectivity index (χ2n) is 6.28. The smallest absolute Gasteiger partial charge is 0.435 e. The van der Waals surface area contributed by atoms with E-state index in [-0.39, 0.29) is 33.8 Å². The lowest BCUT2D eigenvalue weighted by molar-refractivity contribution is -0.275. The summed E-state index contributed by atoms with van der Waals surface area (Å²) in [5, 5.41) is 11.5. The zero-order chi connectivity index (χ0) is 19.4. The van der Waals surface area contributed by atoms with Crippen LogP contribution in [0.15, 0.2) is 41.6 Å². The Balaban J connectivity index is 1.73. The largest absolute Gasteiger partial charge is 0.473 e. The maximum absolute atomic E-state index is 14.0. The summed E-state index contributed by atoms with van der Waals surface area (Å²) in [7, 11) is 0. The molecule has 0 amide bonds. The summed E-state index contributed by atoms with van der Waals surface area (Å²) in [6.45, 7) is 0.199. The van der Waals surface area contributed by atoms with Gasteiger partial charge in [0.1, 0.15) is 6.61 Å². The molecular formula is C18H11Cl2F3N2O2. The van der Waals surface area contributed by atoms with Crippen molar-refractivity contribution < 1.29 is 22.7 Å². The number of fused-ring (bicyclic) bond motifs is 1. The maximum atomic E-state index is 14.0. The van der Waals surface area contributed by atoms with Crippen LogP contribution in [0.2, 0.25) is 10.0 Å². The fourth-order valence-electron chi connectivity index (χ4n) is 3.19. The zero-order valence-electron chi connectivity index (χ0n) is 13.5. The van der Waals surface area contributed by atoms with Gasteiger partial charge in [-0.15, -0.1) is 0 Å². The fraction of sp³-hybridized carbons (Fsp3) is 0.222. The van der Waals surface area contributed by atoms with Crippen molar-refractivity contribution in [1.82, 2.24) is 0 Å². The van der Waals surface area contributed by atoms with Gasteiger partial charge in [0, 0.05) is 33.2 Å². The van der Waals surface area contributed by atoms with Crippen LogP contribution >= 0.6 is 23.2 Å². The van der Waals surface area contributed by atoms with E-state index in [0.29, 0.717) is 11.1 Å². The molecule has 9 heteroatoms. The van der Waals surface area contributed by atoms with Crippen molar-refractivity contribution >= 4 is 34.8 Å². The van der Waals surface area contributed by atoms with Gasteiger partial charge < -0.3 is 9.57 Å². The van der Waals surface area contributed by atoms with E-state index in [1.54, 1.807) is 18.2 Å². The van der Waals surface area contributed by atoms with Gasteiger partial charge in [0.2, 0.25) is 5.90 Å². The Kier molecular flexibility index (Phi) is 4.12. The number of nitrogens with zero attached hydrogens (tertiary/aromatic N) is 1. The molecule has 2 aromatic carbocycles. The highest BCUT2D eigenvalue weighted by Gasteiger charge is 2.62. The van der Waals surface area contributed by atoms with Crippen LogP contribution in [0.1, 0.15) is 28.7 Å². The molecule has 0 saturated heterocycles. The Hall–Kier alpha value is -2.25. The van der Waals surface area contributed by atoms with Gasteiger partial charge in [0.05, 0.1) is 5.71 Å². The van der Waals surface area contributed by atoms with Crippen LogP contribution in [0, 0.1) is 5.41 Å². The number of hydrogen-bond acceptors (Lipinski definition) is 4. The first kappa shape index (κ1) is 18.1. The molecule has 2 aliphatic heterocycles. The molecule has 0 radical (unpaired) electrons. The molecule has 1 atom stereocenters. The summed E-state index contributed by atoms with van der Waals surface area (Å²) in [5.74, 6) is 0.0411. The van der Waals surface area contributed by atoms with Crippen molar-refractivity contribution in [2.45, 2.75) is 24.8 Å². The van der Waals surface area contributed by atoms with E-state index in [1.807, 2.05) is 0 Å². The summed E-state index contributed by atoms with van der Waals surface area (Å²) >= 11 is 11.8. The van der Waals surface area contributed by atoms with Crippen LogP contribution in [0.25, 0.3) is 0 Å². The minimum absolute atomic E-state index is 0.0411. The Morgan fingerprint density at radius 2 is 1.78 bits per heavy atom. The number of halogens is 5. The van der Waals surface area contributed by atoms with Gasteiger partial charge in [-0.2, -0.15) is 13.2 Å². The Labute approximate surface area is 162 Å². The molecule has 2 aliphatic rings. The first-order chi connectivity index (χ1) is 12.7. The molecule has 2 heterocycles. The second-order valence-corrected chi connectivity index (χ2v) is 7.15. The molecule has 1 unspecified atom stereocenters. The van der Waals surface area contributed by atoms with Crippen LogP contribution in [-0.4, -0.2) is 17.8 Å². The topological polar surface area (TPSA) is 54.7 Å². The number of oxime groups is 1. The van der Waals surface area contributed by atoms with E-state index in [0.717, 1.165) is 5.56 Å². The second kappa shape index (κ2) is 6.14. The van der Waals surface area contributed by atoms with E-state index < -0.39 is 18.2 Å². The van der Waals surface area contributed by atoms with Gasteiger partial charge in [0.15, 0.2) is 0 Å². The van der Waals surface area contributed by atoms with Crippen molar-refractivity contribution in [3.05, 3.63) is 68.7 Å². The summed E-state index contributed by atoms with van der Waals surface area (Å²) in [5.41, 5.74) is -0.926. The third kappa shape index (κ3) is 2.95. The van der Waals surface area contributed by atoms with Crippen molar-refractivity contribution in [2.75, 3.05) is 0 Å². The lowest BCUT2D eigenvalue weighted by Gasteiger charge is -2.29. The van der Waals surface area contributed by atoms with Crippen molar-refractivity contribution in [2.24, 2.45) is 5.16 Å². The van der Waals surface area contributed by atoms with E-state index in [9.17, 15) is 13.2 Å². The van der Waals surface area contributed by atoms with E-state index in [2.05, 4.69) is 5.16 Å². The molecule has 0 aromatic heterocycles. The Morgan fingerprint density at radius 1 is 1.07 bits per heavy atom. The Bertz CT molecular complexity index is 971. The van der Waals surface area contributed by atoms with Crippen molar-refractivity contribution in [1.29, 1.82) is 5.41 Å². The molecule has 27 heavy (non-hydrogen) atoms. The maximum Gasteiger partial charge on any atom is 0.435 e. The first-order valence-corrected chi connectivity index (χ1v) is 8.58. The average Bonchev–Trinajstić information content (AvgIpc) is 3.19. The van der Waals surface area contributed by atoms with Gasteiger partial charge in [-0.05, 0) is 35.9 Å². The van der Waals surface area contributed by atoms with Crippen LogP contribution in [0.3, 0.4) is 0 Å². The molecule has 0 aliphatic carbocycles. The van der Waals surface area contributed by atoms with E-state index >= 15 is 0 Å². The average molecular weight is 415 g/mol. The van der Waals surface area contributed by atoms with Gasteiger partial charge in [-0.3, -0.25) is 5.41 Å². The van der Waals surface area contributed by atoms with Gasteiger partial charge >= 0.3 is 6.18 Å². The molecule has 140 valence electrons. The molecule has 0 fully saturated rings. The highest BCUT2D eigenvalue weighted by Crippen LogP contribution is 2.49. The standard InChI is InChI=1S/C18H11Cl2F3N2O2/c19-12-4-11(5-13(20)6-12)17(18(21,22)23)7-15(25-27-17)9-1-2-14-10(3-9)8-26-16(14)24/h1-6,24H,7-8H2. The minimum Gasteiger partial charge on any atom is -0.473 e. The predicted octanol–water partition coefficient (Wildman–Crippen LogP) is 5.43. The van der Waals surface area contributed by atoms with Crippen LogP contribution in [0.5, 0.6) is 0 Å². The monoisotopic (exact) mass is 414 g/mol. The van der Waals surface area contributed by atoms with Crippen LogP contribution < -0.4 is 0 Å². The molecule has 2 aromatic rings. The number of rotatable bonds is 2. The molecule has 1 N–H and O–H groups in total. The van der Waals surface area contributed by atoms with Crippen LogP contribution in [-0.2, 0) is 21.8 Å². The molecule has 0 spiro atoms. The SMILES string of the molecule is N=C1OCc2cc(C3=NOC(c4cc(Cl)cc(Cl)c4)(C(F)(F)F)C3)ccc21. The summed E-state index contributed by atoms with van der Waals surface area (Å²) < 4.78 is 47.1. The number of benzene rings is 2. The molecule has 4 nitrogen and oxygen atoms in total. The minimum atomic E-state index is -4.74. The van der Waals surface area contributed by atoms with Crippen LogP contribution in [0.4, 0.5) is 13.2 Å². The predicted molar refractivity (Wildman–Crippen MR) is 94.5 cm³/mol. The lowest BCUT2D eigenvalue weighted by Crippen LogP contribution is -2.42. The third-order valence-corrected chi connectivity index (χ3v) is 5.01. The number of alkyl halides is 3. The molecular weight excluding hydrogens is 404 g/mol. The van der Waals surface area contributed by atoms with E-state index in [4.69, 9.17) is 38.2 Å². The normalized spacial score (nSPS) is 21.5. The Morgan fingerprint density at radius 3 is 2.44 bits per heavy atom. The summed E-state index contributed by atoms with van der Waals surface area (Å²) in [6.07, 6.45) is -5.27. The van der Waals surface area contributed by atoms with Gasteiger partial charge in [-0.25, -0.2) is 0 Å². The van der Waals surface area contributed by atoms with Gasteiger partial charge in [0.25, 0.3) is 5.60 Å². The summed E-state index contributed by atoms with van der Waals surface area (Å²) in [6, 6.07) is 8.60. The molecule has 0 saturated carbocycles. The lowest BCUT2D eigenvalue weighted by atomic mass is 9.86. The first-order valence-electron chi connectivity index (χ1n) is 7.83. The quantitative estimate of drug-likeness (QED) is 0.711. The summed E-state index contributed by atoms with van der Waals surface area (Å²) in [4.78, 5) is 4.98. The third-order valence-electron chi connectivity index (χ3n) is 4.57. The van der Waals surface area contributed by atoms with Crippen molar-refractivity contribution in [3.63, 3.8) is 0 Å². The highest BCUT2D eigenvalue weighted by atomic mass is 35.5. The molecule has 0 bridgehead atoms. The number of ether oxygens (including phenoxy) is 1. The van der Waals surface area contributed by atoms with Gasteiger partial charge in [-0.1, -0.05) is 34.4 Å². The van der Waals surface area contributed by atoms with Crippen molar-refractivity contribution in [3.8, 4) is 0 Å². The molecule has 4 rings (SSSR count). The fourth-order valence-corrected chi connectivity index (χ4v) is 3.71. The zero-order valence-corrected chi connectivity index (χ0v) is 15.0. The number of hydrogen-bond donors (Lipinski definition) is 1. The van der Waals surface area contributed by atoms with E-state index in [1.165, 1.54) is 18.2 Å². The number of nitrogens with one attached hydrogen (secondary N) is 1.